The van der Waals surface area contributed by atoms with Gasteiger partial charge in [0.2, 0.25) is 0 Å². The molecule has 0 unspecified atom stereocenters. The molecule has 0 bridgehead atoms. The van der Waals surface area contributed by atoms with Crippen molar-refractivity contribution in [2.45, 2.75) is 57.7 Å². The lowest BCUT2D eigenvalue weighted by atomic mass is 9.68. The summed E-state index contributed by atoms with van der Waals surface area (Å²) in [6.07, 6.45) is 3.29. The average molecular weight is 493 g/mol. The predicted molar refractivity (Wildman–Crippen MR) is 132 cm³/mol. The molecule has 0 saturated heterocycles. The number of halogens is 1. The maximum absolute atomic E-state index is 14.5. The van der Waals surface area contributed by atoms with E-state index in [-0.39, 0.29) is 58.3 Å². The van der Waals surface area contributed by atoms with Gasteiger partial charge in [-0.05, 0) is 73.1 Å². The Kier molecular flexibility index (Phi) is 6.97. The molecule has 8 nitrogen and oxygen atoms in total. The van der Waals surface area contributed by atoms with Gasteiger partial charge in [-0.1, -0.05) is 6.92 Å². The summed E-state index contributed by atoms with van der Waals surface area (Å²) in [5.41, 5.74) is 6.55. The Morgan fingerprint density at radius 1 is 1.17 bits per heavy atom. The van der Waals surface area contributed by atoms with E-state index in [2.05, 4.69) is 15.0 Å². The van der Waals surface area contributed by atoms with Crippen LogP contribution in [0, 0.1) is 11.7 Å². The molecule has 36 heavy (non-hydrogen) atoms. The molecule has 4 N–H and O–H groups in total. The Balaban J connectivity index is 1.64. The molecule has 0 amide bonds. The first-order chi connectivity index (χ1) is 17.0. The third-order valence-electron chi connectivity index (χ3n) is 7.19. The number of anilines is 1. The number of carbonyl (C=O) groups is 2. The summed E-state index contributed by atoms with van der Waals surface area (Å²) < 4.78 is 14.5. The summed E-state index contributed by atoms with van der Waals surface area (Å²) in [5.74, 6) is -1.60. The number of nitrogens with two attached hydrogens (primary N) is 1. The highest BCUT2D eigenvalue weighted by atomic mass is 19.1. The van der Waals surface area contributed by atoms with Gasteiger partial charge in [-0.15, -0.1) is 0 Å². The molecule has 1 aliphatic rings. The molecule has 188 valence electrons. The van der Waals surface area contributed by atoms with Crippen LogP contribution in [0.15, 0.2) is 42.7 Å². The van der Waals surface area contributed by atoms with Crippen molar-refractivity contribution in [2.75, 3.05) is 5.73 Å². The van der Waals surface area contributed by atoms with E-state index in [1.54, 1.807) is 19.3 Å². The second kappa shape index (κ2) is 9.83. The normalized spacial score (nSPS) is 23.9. The van der Waals surface area contributed by atoms with Gasteiger partial charge in [0, 0.05) is 25.7 Å². The molecule has 0 spiro atoms. The lowest BCUT2D eigenvalue weighted by molar-refractivity contribution is -0.123. The number of aliphatic hydroxyl groups is 2. The predicted octanol–water partition coefficient (Wildman–Crippen LogP) is 3.51. The number of hydrogen-bond acceptors (Lipinski definition) is 8. The van der Waals surface area contributed by atoms with E-state index in [0.717, 1.165) is 11.6 Å². The van der Waals surface area contributed by atoms with Crippen molar-refractivity contribution in [2.24, 2.45) is 5.92 Å². The number of aliphatic hydroxyl groups excluding tert-OH is 1. The van der Waals surface area contributed by atoms with E-state index in [1.165, 1.54) is 25.1 Å². The number of carbonyl (C=O) groups excluding carboxylic acids is 2. The number of hydrogen-bond donors (Lipinski definition) is 3. The fourth-order valence-electron chi connectivity index (χ4n) is 4.74. The van der Waals surface area contributed by atoms with Gasteiger partial charge in [-0.25, -0.2) is 14.4 Å². The first kappa shape index (κ1) is 25.5. The quantitative estimate of drug-likeness (QED) is 0.444. The van der Waals surface area contributed by atoms with Crippen LogP contribution in [-0.4, -0.2) is 48.4 Å². The smallest absolute Gasteiger partial charge is 0.187 e. The Morgan fingerprint density at radius 3 is 2.61 bits per heavy atom. The number of aromatic nitrogens is 3. The number of ketones is 2. The van der Waals surface area contributed by atoms with Gasteiger partial charge in [0.15, 0.2) is 17.4 Å². The van der Waals surface area contributed by atoms with Crippen LogP contribution in [0.2, 0.25) is 0 Å². The van der Waals surface area contributed by atoms with Crippen molar-refractivity contribution in [1.29, 1.82) is 0 Å². The largest absolute Gasteiger partial charge is 0.397 e. The number of nitrogens with zero attached hydrogens (tertiary/aromatic N) is 3. The van der Waals surface area contributed by atoms with Gasteiger partial charge >= 0.3 is 0 Å². The minimum atomic E-state index is -1.18. The van der Waals surface area contributed by atoms with E-state index in [1.807, 2.05) is 13.0 Å². The van der Waals surface area contributed by atoms with Crippen molar-refractivity contribution in [3.05, 3.63) is 71.1 Å². The molecule has 1 saturated carbocycles. The van der Waals surface area contributed by atoms with Crippen LogP contribution in [0.4, 0.5) is 10.1 Å². The maximum atomic E-state index is 14.5. The van der Waals surface area contributed by atoms with Gasteiger partial charge in [-0.2, -0.15) is 0 Å². The van der Waals surface area contributed by atoms with Crippen molar-refractivity contribution in [3.8, 4) is 11.4 Å². The highest BCUT2D eigenvalue weighted by Crippen LogP contribution is 2.42. The number of pyridine rings is 3. The fraction of sp³-hybridized carbons (Fsp3) is 0.370. The lowest BCUT2D eigenvalue weighted by Gasteiger charge is -2.43. The summed E-state index contributed by atoms with van der Waals surface area (Å²) in [4.78, 5) is 37.6. The van der Waals surface area contributed by atoms with E-state index in [0.29, 0.717) is 18.4 Å². The van der Waals surface area contributed by atoms with Crippen LogP contribution >= 0.6 is 0 Å². The number of rotatable bonds is 6. The summed E-state index contributed by atoms with van der Waals surface area (Å²) >= 11 is 0. The van der Waals surface area contributed by atoms with E-state index in [9.17, 15) is 24.2 Å². The van der Waals surface area contributed by atoms with Crippen LogP contribution in [0.3, 0.4) is 0 Å². The summed E-state index contributed by atoms with van der Waals surface area (Å²) in [6, 6.07) is 7.16. The summed E-state index contributed by atoms with van der Waals surface area (Å²) in [5, 5.41) is 21.1. The van der Waals surface area contributed by atoms with E-state index >= 15 is 0 Å². The number of Topliss-reactive ketones (excluding diaryl/α,β-unsaturated/α-hetero) is 2. The standard InChI is InChI=1S/C27H29FN4O4/c1-14-10-16(12-24(35)27(14,3)36)18-8-9-30-13-17(18)11-23(34)26-20(29)5-7-22(32-26)25-19(28)4-6-21(31-25)15(2)33/h4-9,13-14,16,24,35-36H,10-12,29H2,1-3H3/t14-,16+,24+,27+/m0/s1. The highest BCUT2D eigenvalue weighted by molar-refractivity contribution is 6.00. The molecule has 0 radical (unpaired) electrons. The molecule has 4 rings (SSSR count). The zero-order chi connectivity index (χ0) is 26.2. The minimum absolute atomic E-state index is 0.0308. The third-order valence-corrected chi connectivity index (χ3v) is 7.19. The van der Waals surface area contributed by atoms with Gasteiger partial charge in [0.05, 0.1) is 23.1 Å². The zero-order valence-corrected chi connectivity index (χ0v) is 20.4. The van der Waals surface area contributed by atoms with E-state index < -0.39 is 17.5 Å². The first-order valence-corrected chi connectivity index (χ1v) is 11.8. The van der Waals surface area contributed by atoms with Crippen molar-refractivity contribution in [1.82, 2.24) is 15.0 Å². The van der Waals surface area contributed by atoms with Crippen LogP contribution in [0.1, 0.15) is 71.6 Å². The molecule has 3 heterocycles. The highest BCUT2D eigenvalue weighted by Gasteiger charge is 2.43. The topological polar surface area (TPSA) is 139 Å². The monoisotopic (exact) mass is 492 g/mol. The molecule has 0 aliphatic heterocycles. The lowest BCUT2D eigenvalue weighted by Crippen LogP contribution is -2.49. The van der Waals surface area contributed by atoms with Crippen LogP contribution in [0.5, 0.6) is 0 Å². The Morgan fingerprint density at radius 2 is 1.92 bits per heavy atom. The molecule has 1 fully saturated rings. The zero-order valence-electron chi connectivity index (χ0n) is 20.4. The maximum Gasteiger partial charge on any atom is 0.187 e. The molecule has 4 atom stereocenters. The minimum Gasteiger partial charge on any atom is -0.397 e. The van der Waals surface area contributed by atoms with E-state index in [4.69, 9.17) is 5.73 Å². The van der Waals surface area contributed by atoms with Crippen molar-refractivity contribution < 1.29 is 24.2 Å². The SMILES string of the molecule is CC(=O)c1ccc(F)c(-c2ccc(N)c(C(=O)Cc3cnccc3[C@H]3C[C@@H](O)[C@](C)(O)[C@@H](C)C3)n2)n1. The second-order valence-corrected chi connectivity index (χ2v) is 9.70. The van der Waals surface area contributed by atoms with Crippen molar-refractivity contribution in [3.63, 3.8) is 0 Å². The number of nitrogen functional groups attached to an aromatic ring is 1. The van der Waals surface area contributed by atoms with Gasteiger partial charge in [-0.3, -0.25) is 14.6 Å². The van der Waals surface area contributed by atoms with Crippen molar-refractivity contribution >= 4 is 17.3 Å². The molecular formula is C27H29FN4O4. The van der Waals surface area contributed by atoms with Crippen LogP contribution < -0.4 is 5.73 Å². The average Bonchev–Trinajstić information content (AvgIpc) is 2.83. The Bertz CT molecular complexity index is 1310. The molecular weight excluding hydrogens is 463 g/mol. The van der Waals surface area contributed by atoms with Gasteiger partial charge in [0.1, 0.15) is 17.1 Å². The first-order valence-electron chi connectivity index (χ1n) is 11.8. The molecule has 0 aromatic carbocycles. The Labute approximate surface area is 208 Å². The van der Waals surface area contributed by atoms with Gasteiger partial charge in [0.25, 0.3) is 0 Å². The molecule has 3 aromatic heterocycles. The van der Waals surface area contributed by atoms with Crippen LogP contribution in [0.25, 0.3) is 11.4 Å². The second-order valence-electron chi connectivity index (χ2n) is 9.70. The Hall–Kier alpha value is -3.56. The fourth-order valence-corrected chi connectivity index (χ4v) is 4.74. The van der Waals surface area contributed by atoms with Crippen LogP contribution in [-0.2, 0) is 6.42 Å². The summed E-state index contributed by atoms with van der Waals surface area (Å²) in [6.45, 7) is 4.86. The molecule has 3 aromatic rings. The molecule has 9 heteroatoms. The summed E-state index contributed by atoms with van der Waals surface area (Å²) in [7, 11) is 0. The van der Waals surface area contributed by atoms with Gasteiger partial charge < -0.3 is 15.9 Å². The third kappa shape index (κ3) is 4.89. The molecule has 1 aliphatic carbocycles.